The zero-order valence-electron chi connectivity index (χ0n) is 18.0. The maximum atomic E-state index is 12.9. The van der Waals surface area contributed by atoms with E-state index in [1.54, 1.807) is 14.0 Å². The van der Waals surface area contributed by atoms with E-state index in [2.05, 4.69) is 9.97 Å². The van der Waals surface area contributed by atoms with Crippen molar-refractivity contribution >= 4 is 39.1 Å². The fourth-order valence-electron chi connectivity index (χ4n) is 4.14. The lowest BCUT2D eigenvalue weighted by atomic mass is 10.0. The van der Waals surface area contributed by atoms with Crippen LogP contribution >= 0.6 is 11.3 Å². The van der Waals surface area contributed by atoms with Crippen LogP contribution in [0.5, 0.6) is 5.75 Å². The molecular formula is C24H19N3O5S. The van der Waals surface area contributed by atoms with Gasteiger partial charge in [-0.15, -0.1) is 11.3 Å². The van der Waals surface area contributed by atoms with Gasteiger partial charge in [0, 0.05) is 17.5 Å². The number of hydrogen-bond acceptors (Lipinski definition) is 6. The normalized spacial score (nSPS) is 11.4. The summed E-state index contributed by atoms with van der Waals surface area (Å²) >= 11 is 1.18. The Morgan fingerprint density at radius 1 is 1.09 bits per heavy atom. The van der Waals surface area contributed by atoms with Crippen molar-refractivity contribution in [3.63, 3.8) is 0 Å². The molecule has 8 nitrogen and oxygen atoms in total. The first-order valence-electron chi connectivity index (χ1n) is 10.1. The highest BCUT2D eigenvalue weighted by molar-refractivity contribution is 7.16. The number of ether oxygens (including phenoxy) is 1. The van der Waals surface area contributed by atoms with Gasteiger partial charge in [0.25, 0.3) is 5.56 Å². The molecule has 0 spiro atoms. The molecule has 0 atom stereocenters. The summed E-state index contributed by atoms with van der Waals surface area (Å²) in [7, 11) is 2.79. The van der Waals surface area contributed by atoms with Gasteiger partial charge in [0.05, 0.1) is 23.1 Å². The molecule has 3 heterocycles. The number of thiophene rings is 1. The minimum Gasteiger partial charge on any atom is -0.505 e. The lowest BCUT2D eigenvalue weighted by molar-refractivity contribution is 0.0597. The molecule has 0 fully saturated rings. The van der Waals surface area contributed by atoms with Gasteiger partial charge >= 0.3 is 11.7 Å². The Balaban J connectivity index is 1.92. The molecule has 33 heavy (non-hydrogen) atoms. The average Bonchev–Trinajstić information content (AvgIpc) is 3.34. The fraction of sp³-hybridized carbons (Fsp3) is 0.125. The number of esters is 1. The largest absolute Gasteiger partial charge is 0.505 e. The van der Waals surface area contributed by atoms with Crippen molar-refractivity contribution in [3.05, 3.63) is 73.7 Å². The highest BCUT2D eigenvalue weighted by Crippen LogP contribution is 2.47. The Bertz CT molecular complexity index is 1700. The number of nitrogens with one attached hydrogen (secondary N) is 2. The fourth-order valence-corrected chi connectivity index (χ4v) is 5.23. The zero-order valence-corrected chi connectivity index (χ0v) is 18.8. The number of H-pyrrole nitrogens is 2. The van der Waals surface area contributed by atoms with Crippen molar-refractivity contribution in [2.24, 2.45) is 7.05 Å². The lowest BCUT2D eigenvalue weighted by Gasteiger charge is -2.06. The van der Waals surface area contributed by atoms with Crippen LogP contribution < -0.4 is 11.2 Å². The molecule has 0 unspecified atom stereocenters. The number of benzene rings is 2. The smallest absolute Gasteiger partial charge is 0.342 e. The van der Waals surface area contributed by atoms with Gasteiger partial charge < -0.3 is 14.8 Å². The third-order valence-electron chi connectivity index (χ3n) is 5.78. The van der Waals surface area contributed by atoms with E-state index in [-0.39, 0.29) is 16.7 Å². The number of hydrogen-bond donors (Lipinski definition) is 3. The molecule has 3 aromatic heterocycles. The van der Waals surface area contributed by atoms with E-state index in [4.69, 9.17) is 4.74 Å². The van der Waals surface area contributed by atoms with E-state index < -0.39 is 17.2 Å². The second-order valence-electron chi connectivity index (χ2n) is 7.68. The summed E-state index contributed by atoms with van der Waals surface area (Å²) in [5.74, 6) is -0.929. The predicted molar refractivity (Wildman–Crippen MR) is 128 cm³/mol. The van der Waals surface area contributed by atoms with Crippen LogP contribution in [0.25, 0.3) is 43.5 Å². The van der Waals surface area contributed by atoms with Crippen molar-refractivity contribution in [2.75, 3.05) is 7.11 Å². The molecular weight excluding hydrogens is 442 g/mol. The molecule has 0 saturated heterocycles. The molecule has 9 heteroatoms. The van der Waals surface area contributed by atoms with Crippen LogP contribution in [0.4, 0.5) is 0 Å². The molecule has 3 N–H and O–H groups in total. The van der Waals surface area contributed by atoms with Gasteiger partial charge in [0.1, 0.15) is 17.0 Å². The van der Waals surface area contributed by atoms with Crippen LogP contribution in [0.2, 0.25) is 0 Å². The zero-order chi connectivity index (χ0) is 23.4. The Hall–Kier alpha value is -4.11. The van der Waals surface area contributed by atoms with E-state index in [0.717, 1.165) is 16.3 Å². The van der Waals surface area contributed by atoms with Gasteiger partial charge in [-0.05, 0) is 29.3 Å². The minimum atomic E-state index is -0.666. The van der Waals surface area contributed by atoms with Gasteiger partial charge in [-0.3, -0.25) is 14.3 Å². The molecule has 0 radical (unpaired) electrons. The predicted octanol–water partition coefficient (Wildman–Crippen LogP) is 3.90. The number of methoxy groups -OCH3 is 1. The quantitative estimate of drug-likeness (QED) is 0.352. The van der Waals surface area contributed by atoms with E-state index >= 15 is 0 Å². The molecule has 5 rings (SSSR count). The van der Waals surface area contributed by atoms with E-state index in [0.29, 0.717) is 26.7 Å². The van der Waals surface area contributed by atoms with E-state index in [1.807, 2.05) is 42.5 Å². The van der Waals surface area contributed by atoms with Crippen molar-refractivity contribution in [3.8, 4) is 27.4 Å². The molecule has 0 amide bonds. The minimum absolute atomic E-state index is 0.0533. The Kier molecular flexibility index (Phi) is 4.71. The number of rotatable bonds is 3. The number of aromatic hydroxyl groups is 1. The van der Waals surface area contributed by atoms with Crippen LogP contribution in [0.15, 0.2) is 52.1 Å². The third kappa shape index (κ3) is 3.08. The van der Waals surface area contributed by atoms with Crippen LogP contribution in [0.1, 0.15) is 15.2 Å². The maximum Gasteiger partial charge on any atom is 0.342 e. The first kappa shape index (κ1) is 20.8. The lowest BCUT2D eigenvalue weighted by Crippen LogP contribution is -2.28. The van der Waals surface area contributed by atoms with Gasteiger partial charge in [-0.25, -0.2) is 9.59 Å². The second-order valence-corrected chi connectivity index (χ2v) is 8.91. The van der Waals surface area contributed by atoms with Crippen LogP contribution in [-0.4, -0.2) is 32.7 Å². The summed E-state index contributed by atoms with van der Waals surface area (Å²) in [6.45, 7) is 1.70. The summed E-state index contributed by atoms with van der Waals surface area (Å²) < 4.78 is 6.13. The van der Waals surface area contributed by atoms with Crippen LogP contribution in [0.3, 0.4) is 0 Å². The Labute approximate surface area is 190 Å². The monoisotopic (exact) mass is 461 g/mol. The number of carbonyl (C=O) groups is 1. The maximum absolute atomic E-state index is 12.9. The Morgan fingerprint density at radius 2 is 1.82 bits per heavy atom. The van der Waals surface area contributed by atoms with Crippen molar-refractivity contribution < 1.29 is 14.6 Å². The molecule has 166 valence electrons. The number of aromatic nitrogens is 3. The summed E-state index contributed by atoms with van der Waals surface area (Å²) in [5, 5.41) is 13.3. The van der Waals surface area contributed by atoms with E-state index in [1.165, 1.54) is 23.0 Å². The third-order valence-corrected chi connectivity index (χ3v) is 6.89. The first-order chi connectivity index (χ1) is 15.8. The highest BCUT2D eigenvalue weighted by Gasteiger charge is 2.28. The van der Waals surface area contributed by atoms with Gasteiger partial charge in [-0.2, -0.15) is 0 Å². The second kappa shape index (κ2) is 7.49. The summed E-state index contributed by atoms with van der Waals surface area (Å²) in [4.78, 5) is 43.9. The van der Waals surface area contributed by atoms with Crippen molar-refractivity contribution in [1.82, 2.24) is 14.5 Å². The first-order valence-corrected chi connectivity index (χ1v) is 10.9. The summed E-state index contributed by atoms with van der Waals surface area (Å²) in [6.07, 6.45) is 0. The van der Waals surface area contributed by atoms with Crippen LogP contribution in [-0.2, 0) is 11.8 Å². The van der Waals surface area contributed by atoms with Gasteiger partial charge in [0.2, 0.25) is 0 Å². The number of aromatic amines is 2. The van der Waals surface area contributed by atoms with Crippen LogP contribution in [0, 0.1) is 6.92 Å². The molecule has 0 bridgehead atoms. The van der Waals surface area contributed by atoms with Gasteiger partial charge in [-0.1, -0.05) is 36.4 Å². The molecule has 0 aliphatic carbocycles. The SMILES string of the molecule is COC(=O)c1c(C)sc(-c2c(-c3ccc4ccccc4c3)[nH]c3c2c(=O)[nH]c(=O)n3C)c1O. The molecule has 0 aliphatic heterocycles. The molecule has 0 aliphatic rings. The standard InChI is InChI=1S/C24H19N3O5S/c1-11-15(23(30)32-3)19(28)20(33-11)16-17-21(27(2)24(31)26-22(17)29)25-18(16)14-9-8-12-6-4-5-7-13(12)10-14/h4-10,25,28H,1-3H3,(H,26,29,31). The number of aryl methyl sites for hydroxylation is 2. The molecule has 2 aromatic carbocycles. The Morgan fingerprint density at radius 3 is 2.55 bits per heavy atom. The number of fused-ring (bicyclic) bond motifs is 2. The average molecular weight is 461 g/mol. The number of nitrogens with zero attached hydrogens (tertiary/aromatic N) is 1. The van der Waals surface area contributed by atoms with Crippen molar-refractivity contribution in [1.29, 1.82) is 0 Å². The van der Waals surface area contributed by atoms with Crippen molar-refractivity contribution in [2.45, 2.75) is 6.92 Å². The topological polar surface area (TPSA) is 117 Å². The van der Waals surface area contributed by atoms with Gasteiger partial charge in [0.15, 0.2) is 0 Å². The summed E-state index contributed by atoms with van der Waals surface area (Å²) in [6, 6.07) is 13.7. The highest BCUT2D eigenvalue weighted by atomic mass is 32.1. The van der Waals surface area contributed by atoms with E-state index in [9.17, 15) is 19.5 Å². The molecule has 0 saturated carbocycles. The summed E-state index contributed by atoms with van der Waals surface area (Å²) in [5.41, 5.74) is 0.943. The number of carbonyl (C=O) groups excluding carboxylic acids is 1. The molecule has 5 aromatic rings.